The van der Waals surface area contributed by atoms with Crippen molar-refractivity contribution in [1.82, 2.24) is 20.2 Å². The largest absolute Gasteiger partial charge is 0.388 e. The van der Waals surface area contributed by atoms with Gasteiger partial charge in [-0.2, -0.15) is 0 Å². The maximum atomic E-state index is 14.2. The van der Waals surface area contributed by atoms with Crippen LogP contribution in [0.3, 0.4) is 0 Å². The van der Waals surface area contributed by atoms with E-state index < -0.39 is 0 Å². The van der Waals surface area contributed by atoms with Gasteiger partial charge in [0.1, 0.15) is 17.9 Å². The van der Waals surface area contributed by atoms with Gasteiger partial charge in [0.05, 0.1) is 23.7 Å². The van der Waals surface area contributed by atoms with Crippen LogP contribution >= 0.6 is 11.6 Å². The molecular formula is C43H54ClFN6O3. The minimum atomic E-state index is -0.345. The molecule has 11 heteroatoms. The van der Waals surface area contributed by atoms with Crippen molar-refractivity contribution in [2.24, 2.45) is 0 Å². The maximum absolute atomic E-state index is 14.2. The number of aromatic amines is 1. The van der Waals surface area contributed by atoms with Crippen LogP contribution in [0.4, 0.5) is 15.8 Å². The molecule has 4 aromatic rings. The van der Waals surface area contributed by atoms with Crippen molar-refractivity contribution in [2.75, 3.05) is 37.4 Å². The van der Waals surface area contributed by atoms with Crippen molar-refractivity contribution < 1.29 is 18.7 Å². The Balaban J connectivity index is 0.000000306. The Hall–Kier alpha value is -5.03. The number of aromatic nitrogens is 2. The topological polar surface area (TPSA) is 111 Å². The minimum Gasteiger partial charge on any atom is -0.388 e. The quantitative estimate of drug-likeness (QED) is 0.0648. The zero-order chi connectivity index (χ0) is 39.5. The molecule has 0 unspecified atom stereocenters. The second-order valence-corrected chi connectivity index (χ2v) is 13.1. The first-order valence-corrected chi connectivity index (χ1v) is 18.6. The highest BCUT2D eigenvalue weighted by molar-refractivity contribution is 6.30. The van der Waals surface area contributed by atoms with E-state index in [1.54, 1.807) is 18.2 Å². The van der Waals surface area contributed by atoms with E-state index >= 15 is 0 Å². The lowest BCUT2D eigenvalue weighted by Gasteiger charge is -2.27. The molecule has 0 saturated carbocycles. The molecule has 1 aromatic heterocycles. The standard InChI is InChI=1S/C26H26ClFN4O.C11H14N2O.C4H8O.C2H6/c1-18-5-8-24-25(14-18)31-26(30-24)17-32-11-9-19(10-12-32)23(4-2-3-13-33)29-16-20-6-7-21(27)15-22(20)28;1-8(2)10-6-9(13-7-14)4-5-11(10)12-3;1-4-2-3-5-4;1-2/h2-9,13-15,29H,10-12,16-17H2,1H3,(H,30,31);4-7,12H,1H2,2-3H3,(H,13,14);4H,2-3H2,1H3;1-2H3/b3-2-,23-4-;;;/t;;4-;/m..1./s1. The lowest BCUT2D eigenvalue weighted by molar-refractivity contribution is -0.105. The van der Waals surface area contributed by atoms with E-state index in [4.69, 9.17) is 21.3 Å². The fourth-order valence-electron chi connectivity index (χ4n) is 5.52. The number of carbonyl (C=O) groups is 2. The zero-order valence-electron chi connectivity index (χ0n) is 32.3. The maximum Gasteiger partial charge on any atom is 0.211 e. The van der Waals surface area contributed by atoms with E-state index in [9.17, 15) is 14.0 Å². The molecule has 3 aromatic carbocycles. The van der Waals surface area contributed by atoms with Gasteiger partial charge in [0.2, 0.25) is 6.41 Å². The number of allylic oxidation sites excluding steroid dienone is 5. The lowest BCUT2D eigenvalue weighted by Crippen LogP contribution is -2.30. The summed E-state index contributed by atoms with van der Waals surface area (Å²) in [5.74, 6) is 0.607. The number of benzene rings is 3. The Morgan fingerprint density at radius 3 is 2.48 bits per heavy atom. The number of H-pyrrole nitrogens is 1. The smallest absolute Gasteiger partial charge is 0.211 e. The zero-order valence-corrected chi connectivity index (χ0v) is 33.0. The predicted molar refractivity (Wildman–Crippen MR) is 222 cm³/mol. The first-order chi connectivity index (χ1) is 26.1. The molecule has 2 aliphatic heterocycles. The molecule has 4 N–H and O–H groups in total. The van der Waals surface area contributed by atoms with Gasteiger partial charge in [0, 0.05) is 66.5 Å². The van der Waals surface area contributed by atoms with Gasteiger partial charge < -0.3 is 25.7 Å². The van der Waals surface area contributed by atoms with E-state index in [2.05, 4.69) is 64.5 Å². The summed E-state index contributed by atoms with van der Waals surface area (Å²) < 4.78 is 19.1. The number of nitrogens with one attached hydrogen (secondary N) is 4. The Morgan fingerprint density at radius 1 is 1.13 bits per heavy atom. The van der Waals surface area contributed by atoms with Gasteiger partial charge in [-0.25, -0.2) is 9.37 Å². The van der Waals surface area contributed by atoms with Crippen molar-refractivity contribution in [3.05, 3.63) is 130 Å². The average molecular weight is 757 g/mol. The van der Waals surface area contributed by atoms with Gasteiger partial charge >= 0.3 is 0 Å². The van der Waals surface area contributed by atoms with E-state index in [-0.39, 0.29) is 5.82 Å². The Kier molecular flexibility index (Phi) is 18.4. The van der Waals surface area contributed by atoms with E-state index in [1.807, 2.05) is 58.2 Å². The monoisotopic (exact) mass is 756 g/mol. The Morgan fingerprint density at radius 2 is 1.89 bits per heavy atom. The highest BCUT2D eigenvalue weighted by atomic mass is 35.5. The number of amides is 1. The first-order valence-electron chi connectivity index (χ1n) is 18.3. The third kappa shape index (κ3) is 13.7. The number of hydrogen-bond acceptors (Lipinski definition) is 7. The summed E-state index contributed by atoms with van der Waals surface area (Å²) in [5, 5.41) is 9.36. The van der Waals surface area contributed by atoms with Crippen LogP contribution in [0.2, 0.25) is 5.02 Å². The molecule has 1 saturated heterocycles. The van der Waals surface area contributed by atoms with Crippen LogP contribution in [0, 0.1) is 12.7 Å². The number of halogens is 2. The molecule has 54 heavy (non-hydrogen) atoms. The van der Waals surface area contributed by atoms with Crippen LogP contribution in [-0.4, -0.2) is 60.4 Å². The molecule has 1 atom stereocenters. The van der Waals surface area contributed by atoms with Crippen LogP contribution in [0.5, 0.6) is 0 Å². The molecular weight excluding hydrogens is 703 g/mol. The third-order valence-corrected chi connectivity index (χ3v) is 8.77. The Labute approximate surface area is 324 Å². The van der Waals surface area contributed by atoms with Crippen LogP contribution in [0.15, 0.2) is 96.8 Å². The summed E-state index contributed by atoms with van der Waals surface area (Å²) in [7, 11) is 1.86. The molecule has 9 nitrogen and oxygen atoms in total. The second kappa shape index (κ2) is 22.9. The fraction of sp³-hybridized carbons (Fsp3) is 0.326. The number of imidazole rings is 1. The summed E-state index contributed by atoms with van der Waals surface area (Å²) in [6.45, 7) is 17.7. The number of nitrogens with zero attached hydrogens (tertiary/aromatic N) is 2. The van der Waals surface area contributed by atoms with E-state index in [1.165, 1.54) is 24.1 Å². The summed E-state index contributed by atoms with van der Waals surface area (Å²) in [5.41, 5.74) is 9.55. The molecule has 1 fully saturated rings. The number of fused-ring (bicyclic) bond motifs is 1. The number of carbonyl (C=O) groups excluding carboxylic acids is 2. The SMILES string of the molecule is C=C(C)c1cc(NC=O)ccc1NC.CC.C[C@@H]1CCO1.Cc1ccc2nc(CN3CC=C(/C(=C/C=C\C=O)NCc4ccc(Cl)cc4F)CC3)[nH]c2c1. The highest BCUT2D eigenvalue weighted by Gasteiger charge is 2.17. The molecule has 1 amide bonds. The first kappa shape index (κ1) is 43.4. The molecule has 2 aliphatic rings. The average Bonchev–Trinajstić information content (AvgIpc) is 3.56. The summed E-state index contributed by atoms with van der Waals surface area (Å²) >= 11 is 5.85. The summed E-state index contributed by atoms with van der Waals surface area (Å²) in [6, 6.07) is 16.5. The second-order valence-electron chi connectivity index (χ2n) is 12.6. The van der Waals surface area contributed by atoms with Gasteiger partial charge in [-0.15, -0.1) is 0 Å². The summed E-state index contributed by atoms with van der Waals surface area (Å²) in [6.07, 6.45) is 11.2. The Bertz CT molecular complexity index is 1930. The molecule has 6 rings (SSSR count). The van der Waals surface area contributed by atoms with Crippen molar-refractivity contribution in [2.45, 2.75) is 66.7 Å². The molecule has 3 heterocycles. The summed E-state index contributed by atoms with van der Waals surface area (Å²) in [4.78, 5) is 31.4. The van der Waals surface area contributed by atoms with Crippen molar-refractivity contribution in [3.8, 4) is 0 Å². The predicted octanol–water partition coefficient (Wildman–Crippen LogP) is 9.38. The normalized spacial score (nSPS) is 15.2. The fourth-order valence-corrected chi connectivity index (χ4v) is 5.68. The van der Waals surface area contributed by atoms with Crippen LogP contribution in [0.25, 0.3) is 16.6 Å². The van der Waals surface area contributed by atoms with Crippen molar-refractivity contribution in [1.29, 1.82) is 0 Å². The van der Waals surface area contributed by atoms with Gasteiger partial charge in [-0.05, 0) is 105 Å². The van der Waals surface area contributed by atoms with Crippen molar-refractivity contribution in [3.63, 3.8) is 0 Å². The van der Waals surface area contributed by atoms with Gasteiger partial charge in [0.15, 0.2) is 0 Å². The number of hydrogen-bond donors (Lipinski definition) is 4. The van der Waals surface area contributed by atoms with Crippen LogP contribution in [-0.2, 0) is 27.4 Å². The highest BCUT2D eigenvalue weighted by Crippen LogP contribution is 2.26. The number of anilines is 2. The molecule has 0 aliphatic carbocycles. The molecule has 0 radical (unpaired) electrons. The van der Waals surface area contributed by atoms with Gasteiger partial charge in [-0.1, -0.05) is 56.3 Å². The van der Waals surface area contributed by atoms with E-state index in [0.29, 0.717) is 29.6 Å². The molecule has 0 bridgehead atoms. The minimum absolute atomic E-state index is 0.323. The van der Waals surface area contributed by atoms with Crippen LogP contribution in [0.1, 0.15) is 63.1 Å². The molecule has 288 valence electrons. The third-order valence-electron chi connectivity index (χ3n) is 8.54. The molecule has 0 spiro atoms. The number of aryl methyl sites for hydroxylation is 1. The number of aldehydes is 1. The number of rotatable bonds is 12. The van der Waals surface area contributed by atoms with Crippen LogP contribution < -0.4 is 16.0 Å². The lowest BCUT2D eigenvalue weighted by atomic mass is 10.0. The van der Waals surface area contributed by atoms with Gasteiger partial charge in [-0.3, -0.25) is 14.5 Å². The van der Waals surface area contributed by atoms with Crippen molar-refractivity contribution >= 4 is 52.3 Å². The van der Waals surface area contributed by atoms with E-state index in [0.717, 1.165) is 89.6 Å². The number of ether oxygens (including phenoxy) is 1. The van der Waals surface area contributed by atoms with Gasteiger partial charge in [0.25, 0.3) is 0 Å².